The van der Waals surface area contributed by atoms with Crippen LogP contribution in [0.5, 0.6) is 0 Å². The van der Waals surface area contributed by atoms with Gasteiger partial charge in [0.1, 0.15) is 0 Å². The molecule has 0 aromatic rings. The molecule has 1 fully saturated rings. The number of nitrogens with two attached hydrogens (primary N) is 1. The van der Waals surface area contributed by atoms with E-state index in [1.165, 1.54) is 6.54 Å². The van der Waals surface area contributed by atoms with Crippen LogP contribution in [0, 0.1) is 11.8 Å². The van der Waals surface area contributed by atoms with Crippen LogP contribution in [0.25, 0.3) is 0 Å². The molecule has 1 aliphatic rings. The van der Waals surface area contributed by atoms with Crippen LogP contribution < -0.4 is 5.73 Å². The summed E-state index contributed by atoms with van der Waals surface area (Å²) in [7, 11) is 0. The minimum Gasteiger partial charge on any atom is -0.395 e. The van der Waals surface area contributed by atoms with Gasteiger partial charge in [-0.25, -0.2) is 0 Å². The fraction of sp³-hybridized carbons (Fsp3) is 1.00. The lowest BCUT2D eigenvalue weighted by Crippen LogP contribution is -2.57. The van der Waals surface area contributed by atoms with Gasteiger partial charge in [0.2, 0.25) is 0 Å². The average Bonchev–Trinajstić information content (AvgIpc) is 2.30. The van der Waals surface area contributed by atoms with Crippen LogP contribution in [0.4, 0.5) is 0 Å². The second kappa shape index (κ2) is 8.20. The molecule has 0 spiro atoms. The summed E-state index contributed by atoms with van der Waals surface area (Å²) in [6, 6.07) is 0.213. The molecule has 0 saturated carbocycles. The van der Waals surface area contributed by atoms with Crippen molar-refractivity contribution in [2.24, 2.45) is 17.6 Å². The lowest BCUT2D eigenvalue weighted by molar-refractivity contribution is 0.0465. The molecule has 19 heavy (non-hydrogen) atoms. The molecule has 3 N–H and O–H groups in total. The Hall–Kier alpha value is -0.160. The number of aliphatic hydroxyl groups is 1. The van der Waals surface area contributed by atoms with Gasteiger partial charge in [0.25, 0.3) is 0 Å². The normalized spacial score (nSPS) is 22.1. The van der Waals surface area contributed by atoms with Crippen molar-refractivity contribution in [3.05, 3.63) is 0 Å². The number of rotatable bonds is 7. The van der Waals surface area contributed by atoms with Crippen LogP contribution in [-0.4, -0.2) is 66.3 Å². The van der Waals surface area contributed by atoms with E-state index in [0.717, 1.165) is 38.5 Å². The lowest BCUT2D eigenvalue weighted by Gasteiger charge is -2.41. The SMILES string of the molecule is CC(C)CC(N)C(CO)N1CCN(CC(C)C)CC1. The van der Waals surface area contributed by atoms with E-state index < -0.39 is 0 Å². The highest BCUT2D eigenvalue weighted by molar-refractivity contribution is 4.86. The highest BCUT2D eigenvalue weighted by atomic mass is 16.3. The quantitative estimate of drug-likeness (QED) is 0.725. The number of aliphatic hydroxyl groups excluding tert-OH is 1. The van der Waals surface area contributed by atoms with Gasteiger partial charge in [0.05, 0.1) is 6.61 Å². The molecule has 1 saturated heterocycles. The average molecular weight is 271 g/mol. The van der Waals surface area contributed by atoms with Crippen molar-refractivity contribution in [2.45, 2.75) is 46.2 Å². The van der Waals surface area contributed by atoms with Crippen molar-refractivity contribution >= 4 is 0 Å². The second-order valence-electron chi connectivity index (χ2n) is 6.77. The smallest absolute Gasteiger partial charge is 0.0601 e. The zero-order chi connectivity index (χ0) is 14.4. The summed E-state index contributed by atoms with van der Waals surface area (Å²) in [6.45, 7) is 14.5. The van der Waals surface area contributed by atoms with Crippen molar-refractivity contribution in [2.75, 3.05) is 39.3 Å². The van der Waals surface area contributed by atoms with Crippen LogP contribution in [0.3, 0.4) is 0 Å². The number of piperazine rings is 1. The Morgan fingerprint density at radius 2 is 1.58 bits per heavy atom. The molecule has 2 atom stereocenters. The van der Waals surface area contributed by atoms with Crippen LogP contribution in [0.15, 0.2) is 0 Å². The Morgan fingerprint density at radius 1 is 1.00 bits per heavy atom. The van der Waals surface area contributed by atoms with E-state index in [4.69, 9.17) is 5.73 Å². The van der Waals surface area contributed by atoms with Gasteiger partial charge in [-0.2, -0.15) is 0 Å². The Morgan fingerprint density at radius 3 is 2.00 bits per heavy atom. The van der Waals surface area contributed by atoms with E-state index in [0.29, 0.717) is 5.92 Å². The number of nitrogens with zero attached hydrogens (tertiary/aromatic N) is 2. The van der Waals surface area contributed by atoms with Gasteiger partial charge in [0.15, 0.2) is 0 Å². The molecule has 2 unspecified atom stereocenters. The molecule has 0 radical (unpaired) electrons. The molecule has 114 valence electrons. The van der Waals surface area contributed by atoms with E-state index in [9.17, 15) is 5.11 Å². The number of hydrogen-bond acceptors (Lipinski definition) is 4. The fourth-order valence-electron chi connectivity index (χ4n) is 3.02. The molecule has 0 aromatic carbocycles. The highest BCUT2D eigenvalue weighted by Gasteiger charge is 2.28. The van der Waals surface area contributed by atoms with Crippen molar-refractivity contribution in [1.29, 1.82) is 0 Å². The van der Waals surface area contributed by atoms with Crippen LogP contribution in [0.1, 0.15) is 34.1 Å². The molecule has 0 aromatic heterocycles. The van der Waals surface area contributed by atoms with Gasteiger partial charge in [-0.3, -0.25) is 4.90 Å². The third-order valence-corrected chi connectivity index (χ3v) is 3.92. The Bertz CT molecular complexity index is 238. The molecule has 4 heteroatoms. The predicted octanol–water partition coefficient (Wildman–Crippen LogP) is 0.994. The first-order chi connectivity index (χ1) is 8.93. The third-order valence-electron chi connectivity index (χ3n) is 3.92. The zero-order valence-corrected chi connectivity index (χ0v) is 13.2. The van der Waals surface area contributed by atoms with Crippen LogP contribution in [0.2, 0.25) is 0 Å². The topological polar surface area (TPSA) is 52.7 Å². The maximum atomic E-state index is 9.64. The summed E-state index contributed by atoms with van der Waals surface area (Å²) in [5.74, 6) is 1.31. The van der Waals surface area contributed by atoms with Crippen molar-refractivity contribution in [1.82, 2.24) is 9.80 Å². The second-order valence-corrected chi connectivity index (χ2v) is 6.77. The summed E-state index contributed by atoms with van der Waals surface area (Å²) >= 11 is 0. The van der Waals surface area contributed by atoms with E-state index >= 15 is 0 Å². The van der Waals surface area contributed by atoms with E-state index in [1.54, 1.807) is 0 Å². The van der Waals surface area contributed by atoms with Gasteiger partial charge in [-0.15, -0.1) is 0 Å². The summed E-state index contributed by atoms with van der Waals surface area (Å²) in [4.78, 5) is 4.90. The molecular weight excluding hydrogens is 238 g/mol. The van der Waals surface area contributed by atoms with E-state index in [1.807, 2.05) is 0 Å². The van der Waals surface area contributed by atoms with Crippen LogP contribution >= 0.6 is 0 Å². The lowest BCUT2D eigenvalue weighted by atomic mass is 9.97. The minimum absolute atomic E-state index is 0.0849. The van der Waals surface area contributed by atoms with Gasteiger partial charge >= 0.3 is 0 Å². The molecule has 0 amide bonds. The van der Waals surface area contributed by atoms with Gasteiger partial charge in [0, 0.05) is 44.8 Å². The Balaban J connectivity index is 2.43. The standard InChI is InChI=1S/C15H33N3O/c1-12(2)9-14(16)15(11-19)18-7-5-17(6-8-18)10-13(3)4/h12-15,19H,5-11,16H2,1-4H3. The molecule has 0 aliphatic carbocycles. The third kappa shape index (κ3) is 5.78. The monoisotopic (exact) mass is 271 g/mol. The summed E-state index contributed by atoms with van der Waals surface area (Å²) in [5, 5.41) is 9.64. The van der Waals surface area contributed by atoms with Crippen molar-refractivity contribution in [3.63, 3.8) is 0 Å². The van der Waals surface area contributed by atoms with Gasteiger partial charge in [-0.1, -0.05) is 27.7 Å². The van der Waals surface area contributed by atoms with Crippen molar-refractivity contribution < 1.29 is 5.11 Å². The summed E-state index contributed by atoms with van der Waals surface area (Å²) in [6.07, 6.45) is 0.984. The summed E-state index contributed by atoms with van der Waals surface area (Å²) in [5.41, 5.74) is 6.26. The molecule has 0 bridgehead atoms. The van der Waals surface area contributed by atoms with Gasteiger partial charge < -0.3 is 15.7 Å². The first-order valence-electron chi connectivity index (χ1n) is 7.76. The highest BCUT2D eigenvalue weighted by Crippen LogP contribution is 2.14. The Kier molecular flexibility index (Phi) is 7.29. The Labute approximate surface area is 118 Å². The summed E-state index contributed by atoms with van der Waals surface area (Å²) < 4.78 is 0. The largest absolute Gasteiger partial charge is 0.395 e. The van der Waals surface area contributed by atoms with Crippen molar-refractivity contribution in [3.8, 4) is 0 Å². The maximum absolute atomic E-state index is 9.64. The van der Waals surface area contributed by atoms with E-state index in [-0.39, 0.29) is 18.7 Å². The first kappa shape index (κ1) is 16.9. The molecule has 1 rings (SSSR count). The molecular formula is C15H33N3O. The molecule has 4 nitrogen and oxygen atoms in total. The van der Waals surface area contributed by atoms with Crippen LogP contribution in [-0.2, 0) is 0 Å². The predicted molar refractivity (Wildman–Crippen MR) is 81.2 cm³/mol. The minimum atomic E-state index is 0.0849. The first-order valence-corrected chi connectivity index (χ1v) is 7.76. The number of hydrogen-bond donors (Lipinski definition) is 2. The molecule has 1 heterocycles. The van der Waals surface area contributed by atoms with Gasteiger partial charge in [-0.05, 0) is 18.3 Å². The molecule has 1 aliphatic heterocycles. The maximum Gasteiger partial charge on any atom is 0.0601 e. The van der Waals surface area contributed by atoms with E-state index in [2.05, 4.69) is 37.5 Å². The fourth-order valence-corrected chi connectivity index (χ4v) is 3.02. The zero-order valence-electron chi connectivity index (χ0n) is 13.2.